The van der Waals surface area contributed by atoms with Gasteiger partial charge in [0.25, 0.3) is 0 Å². The van der Waals surface area contributed by atoms with Crippen molar-refractivity contribution in [1.29, 1.82) is 0 Å². The molecule has 0 bridgehead atoms. The predicted molar refractivity (Wildman–Crippen MR) is 68.7 cm³/mol. The lowest BCUT2D eigenvalue weighted by Crippen LogP contribution is -2.03. The number of hydrogen-bond donors (Lipinski definition) is 2. The Hall–Kier alpha value is -1.92. The Morgan fingerprint density at radius 2 is 1.84 bits per heavy atom. The molecule has 0 unspecified atom stereocenters. The van der Waals surface area contributed by atoms with Crippen LogP contribution in [-0.2, 0) is 0 Å². The molecule has 2 N–H and O–H groups in total. The highest BCUT2D eigenvalue weighted by molar-refractivity contribution is 6.35. The van der Waals surface area contributed by atoms with Crippen molar-refractivity contribution in [2.75, 3.05) is 5.32 Å². The molecule has 0 fully saturated rings. The van der Waals surface area contributed by atoms with E-state index < -0.39 is 11.8 Å². The highest BCUT2D eigenvalue weighted by Gasteiger charge is 2.09. The molecule has 8 heteroatoms. The van der Waals surface area contributed by atoms with Gasteiger partial charge in [-0.25, -0.2) is 9.18 Å². The van der Waals surface area contributed by atoms with Crippen molar-refractivity contribution in [3.05, 3.63) is 45.8 Å². The van der Waals surface area contributed by atoms with Crippen LogP contribution < -0.4 is 5.32 Å². The molecule has 0 saturated carbocycles. The summed E-state index contributed by atoms with van der Waals surface area (Å²) in [5, 5.41) is 18.3. The van der Waals surface area contributed by atoms with Crippen LogP contribution >= 0.6 is 23.2 Å². The Bertz CT molecular complexity index is 611. The number of halogens is 3. The minimum absolute atomic E-state index is 0.134. The van der Waals surface area contributed by atoms with Gasteiger partial charge in [-0.1, -0.05) is 23.2 Å². The smallest absolute Gasteiger partial charge is 0.356 e. The van der Waals surface area contributed by atoms with Gasteiger partial charge >= 0.3 is 5.97 Å². The van der Waals surface area contributed by atoms with E-state index in [9.17, 15) is 9.18 Å². The molecule has 1 aromatic heterocycles. The number of aromatic nitrogens is 2. The predicted octanol–water partition coefficient (Wildman–Crippen LogP) is 3.36. The van der Waals surface area contributed by atoms with E-state index in [1.54, 1.807) is 0 Å². The van der Waals surface area contributed by atoms with Gasteiger partial charge in [0.15, 0.2) is 17.3 Å². The monoisotopic (exact) mass is 301 g/mol. The lowest BCUT2D eigenvalue weighted by Gasteiger charge is -2.07. The Labute approximate surface area is 117 Å². The first kappa shape index (κ1) is 13.5. The van der Waals surface area contributed by atoms with Gasteiger partial charge in [0.05, 0.1) is 10.0 Å². The van der Waals surface area contributed by atoms with E-state index in [1.807, 2.05) is 0 Å². The average Bonchev–Trinajstić information content (AvgIpc) is 2.36. The van der Waals surface area contributed by atoms with Crippen molar-refractivity contribution < 1.29 is 14.3 Å². The maximum atomic E-state index is 13.2. The second-order valence-electron chi connectivity index (χ2n) is 3.49. The Morgan fingerprint density at radius 1 is 1.21 bits per heavy atom. The first-order chi connectivity index (χ1) is 8.97. The molecule has 0 aliphatic carbocycles. The van der Waals surface area contributed by atoms with Crippen LogP contribution in [0.3, 0.4) is 0 Å². The Morgan fingerprint density at radius 3 is 2.32 bits per heavy atom. The molecule has 19 heavy (non-hydrogen) atoms. The van der Waals surface area contributed by atoms with E-state index in [-0.39, 0.29) is 21.6 Å². The molecule has 0 spiro atoms. The van der Waals surface area contributed by atoms with Gasteiger partial charge in [0, 0.05) is 5.69 Å². The zero-order chi connectivity index (χ0) is 14.0. The highest BCUT2D eigenvalue weighted by Crippen LogP contribution is 2.28. The summed E-state index contributed by atoms with van der Waals surface area (Å²) in [6.45, 7) is 0. The molecule has 0 amide bonds. The first-order valence-electron chi connectivity index (χ1n) is 4.96. The number of carboxylic acid groups (broad SMARTS) is 1. The number of rotatable bonds is 3. The van der Waals surface area contributed by atoms with Crippen LogP contribution in [0.4, 0.5) is 15.9 Å². The number of hydrogen-bond acceptors (Lipinski definition) is 4. The van der Waals surface area contributed by atoms with E-state index in [1.165, 1.54) is 24.3 Å². The molecule has 2 aromatic rings. The van der Waals surface area contributed by atoms with Crippen LogP contribution in [0.25, 0.3) is 0 Å². The Balaban J connectivity index is 2.24. The van der Waals surface area contributed by atoms with Gasteiger partial charge in [-0.05, 0) is 24.3 Å². The fourth-order valence-corrected chi connectivity index (χ4v) is 1.78. The normalized spacial score (nSPS) is 10.3. The summed E-state index contributed by atoms with van der Waals surface area (Å²) in [4.78, 5) is 10.6. The first-order valence-corrected chi connectivity index (χ1v) is 5.71. The Kier molecular flexibility index (Phi) is 3.82. The van der Waals surface area contributed by atoms with Gasteiger partial charge < -0.3 is 10.4 Å². The number of carboxylic acids is 1. The van der Waals surface area contributed by atoms with Crippen molar-refractivity contribution >= 4 is 40.7 Å². The van der Waals surface area contributed by atoms with Crippen molar-refractivity contribution in [3.63, 3.8) is 0 Å². The van der Waals surface area contributed by atoms with Crippen molar-refractivity contribution in [2.24, 2.45) is 0 Å². The van der Waals surface area contributed by atoms with Crippen molar-refractivity contribution in [2.45, 2.75) is 0 Å². The third-order valence-electron chi connectivity index (χ3n) is 2.14. The average molecular weight is 302 g/mol. The second kappa shape index (κ2) is 5.38. The summed E-state index contributed by atoms with van der Waals surface area (Å²) in [7, 11) is 0. The molecule has 1 heterocycles. The van der Waals surface area contributed by atoms with Crippen LogP contribution in [-0.4, -0.2) is 21.3 Å². The largest absolute Gasteiger partial charge is 0.476 e. The van der Waals surface area contributed by atoms with Gasteiger partial charge in [-0.3, -0.25) is 0 Å². The van der Waals surface area contributed by atoms with Crippen LogP contribution in [0.2, 0.25) is 10.0 Å². The van der Waals surface area contributed by atoms with Crippen LogP contribution in [0.5, 0.6) is 0 Å². The van der Waals surface area contributed by atoms with Crippen LogP contribution in [0.1, 0.15) is 10.5 Å². The van der Waals surface area contributed by atoms with Crippen LogP contribution in [0, 0.1) is 5.82 Å². The molecule has 0 atom stereocenters. The standard InChI is InChI=1S/C11H6Cl2FN3O2/c12-6-3-5(4-7(13)10(6)14)15-9-2-1-8(11(18)19)16-17-9/h1-4H,(H,15,17)(H,18,19). The molecule has 0 saturated heterocycles. The minimum atomic E-state index is -1.17. The van der Waals surface area contributed by atoms with E-state index in [4.69, 9.17) is 28.3 Å². The summed E-state index contributed by atoms with van der Waals surface area (Å²) in [6, 6.07) is 5.36. The maximum absolute atomic E-state index is 13.2. The van der Waals surface area contributed by atoms with Gasteiger partial charge in [0.1, 0.15) is 0 Å². The molecule has 98 valence electrons. The topological polar surface area (TPSA) is 75.1 Å². The lowest BCUT2D eigenvalue weighted by molar-refractivity contribution is 0.0689. The summed E-state index contributed by atoms with van der Waals surface area (Å²) < 4.78 is 13.2. The summed E-state index contributed by atoms with van der Waals surface area (Å²) >= 11 is 11.3. The molecular weight excluding hydrogens is 296 g/mol. The highest BCUT2D eigenvalue weighted by atomic mass is 35.5. The number of nitrogens with zero attached hydrogens (tertiary/aromatic N) is 2. The zero-order valence-corrected chi connectivity index (χ0v) is 10.7. The van der Waals surface area contributed by atoms with Gasteiger partial charge in [-0.2, -0.15) is 0 Å². The number of anilines is 2. The fourth-order valence-electron chi connectivity index (χ4n) is 1.29. The molecule has 2 rings (SSSR count). The molecule has 1 aromatic carbocycles. The maximum Gasteiger partial charge on any atom is 0.356 e. The summed E-state index contributed by atoms with van der Waals surface area (Å²) in [5.74, 6) is -1.60. The van der Waals surface area contributed by atoms with Gasteiger partial charge in [-0.15, -0.1) is 10.2 Å². The number of carbonyl (C=O) groups is 1. The molecule has 0 aliphatic heterocycles. The molecule has 5 nitrogen and oxygen atoms in total. The van der Waals surface area contributed by atoms with Crippen molar-refractivity contribution in [1.82, 2.24) is 10.2 Å². The number of nitrogens with one attached hydrogen (secondary N) is 1. The number of benzene rings is 1. The summed E-state index contributed by atoms with van der Waals surface area (Å²) in [5.41, 5.74) is 0.231. The van der Waals surface area contributed by atoms with Crippen LogP contribution in [0.15, 0.2) is 24.3 Å². The van der Waals surface area contributed by atoms with E-state index in [0.717, 1.165) is 0 Å². The zero-order valence-electron chi connectivity index (χ0n) is 9.19. The summed E-state index contributed by atoms with van der Waals surface area (Å²) in [6.07, 6.45) is 0. The number of aromatic carboxylic acids is 1. The van der Waals surface area contributed by atoms with Gasteiger partial charge in [0.2, 0.25) is 0 Å². The molecule has 0 aliphatic rings. The second-order valence-corrected chi connectivity index (χ2v) is 4.30. The SMILES string of the molecule is O=C(O)c1ccc(Nc2cc(Cl)c(F)c(Cl)c2)nn1. The van der Waals surface area contributed by atoms with Crippen molar-refractivity contribution in [3.8, 4) is 0 Å². The quantitative estimate of drug-likeness (QED) is 0.850. The third kappa shape index (κ3) is 3.10. The molecule has 0 radical (unpaired) electrons. The van der Waals surface area contributed by atoms with E-state index in [2.05, 4.69) is 15.5 Å². The lowest BCUT2D eigenvalue weighted by atomic mass is 10.3. The minimum Gasteiger partial charge on any atom is -0.476 e. The van der Waals surface area contributed by atoms with E-state index in [0.29, 0.717) is 5.69 Å². The van der Waals surface area contributed by atoms with E-state index >= 15 is 0 Å². The third-order valence-corrected chi connectivity index (χ3v) is 2.69. The fraction of sp³-hybridized carbons (Fsp3) is 0. The molecular formula is C11H6Cl2FN3O2.